The number of hydrogen-bond donors (Lipinski definition) is 0. The van der Waals surface area contributed by atoms with Crippen molar-refractivity contribution in [2.24, 2.45) is 0 Å². The molecule has 3 aromatic rings. The number of aromatic nitrogens is 3. The zero-order chi connectivity index (χ0) is 15.7. The molecule has 0 bridgehead atoms. The summed E-state index contributed by atoms with van der Waals surface area (Å²) in [6, 6.07) is 0.386. The van der Waals surface area contributed by atoms with E-state index in [0.29, 0.717) is 6.04 Å². The number of thiophene rings is 1. The highest BCUT2D eigenvalue weighted by atomic mass is 32.1. The van der Waals surface area contributed by atoms with Crippen LogP contribution in [0.4, 0.5) is 5.82 Å². The van der Waals surface area contributed by atoms with E-state index in [0.717, 1.165) is 29.4 Å². The summed E-state index contributed by atoms with van der Waals surface area (Å²) in [4.78, 5) is 17.2. The molecule has 0 unspecified atom stereocenters. The normalized spacial score (nSPS) is 11.5. The molecule has 0 saturated carbocycles. The zero-order valence-corrected chi connectivity index (χ0v) is 15.0. The predicted octanol–water partition coefficient (Wildman–Crippen LogP) is 4.22. The van der Waals surface area contributed by atoms with Gasteiger partial charge in [-0.1, -0.05) is 0 Å². The lowest BCUT2D eigenvalue weighted by Gasteiger charge is -2.28. The van der Waals surface area contributed by atoms with Crippen molar-refractivity contribution in [1.82, 2.24) is 15.0 Å². The molecule has 0 aliphatic carbocycles. The lowest BCUT2D eigenvalue weighted by atomic mass is 10.2. The van der Waals surface area contributed by atoms with Crippen LogP contribution in [0.5, 0.6) is 0 Å². The third kappa shape index (κ3) is 2.98. The van der Waals surface area contributed by atoms with Gasteiger partial charge in [-0.25, -0.2) is 15.0 Å². The molecule has 22 heavy (non-hydrogen) atoms. The van der Waals surface area contributed by atoms with Gasteiger partial charge in [-0.05, 0) is 38.6 Å². The molecule has 0 atom stereocenters. The van der Waals surface area contributed by atoms with Crippen molar-refractivity contribution in [1.29, 1.82) is 0 Å². The first kappa shape index (κ1) is 15.4. The Bertz CT molecular complexity index is 762. The number of anilines is 1. The number of rotatable bonds is 5. The molecule has 0 aromatic carbocycles. The quantitative estimate of drug-likeness (QED) is 0.701. The molecule has 0 N–H and O–H groups in total. The topological polar surface area (TPSA) is 41.9 Å². The molecule has 3 heterocycles. The second-order valence-corrected chi connectivity index (χ2v) is 7.49. The van der Waals surface area contributed by atoms with Crippen molar-refractivity contribution < 1.29 is 0 Å². The van der Waals surface area contributed by atoms with Crippen LogP contribution >= 0.6 is 22.7 Å². The average molecular weight is 332 g/mol. The molecule has 0 amide bonds. The van der Waals surface area contributed by atoms with Crippen molar-refractivity contribution in [2.45, 2.75) is 40.2 Å². The van der Waals surface area contributed by atoms with Crippen LogP contribution in [0.25, 0.3) is 10.2 Å². The second kappa shape index (κ2) is 6.30. The Hall–Kier alpha value is -1.53. The van der Waals surface area contributed by atoms with E-state index >= 15 is 0 Å². The van der Waals surface area contributed by atoms with Gasteiger partial charge in [-0.15, -0.1) is 22.7 Å². The summed E-state index contributed by atoms with van der Waals surface area (Å²) in [5.41, 5.74) is 1.26. The van der Waals surface area contributed by atoms with Crippen LogP contribution in [0.2, 0.25) is 0 Å². The maximum Gasteiger partial charge on any atom is 0.141 e. The lowest BCUT2D eigenvalue weighted by Crippen LogP contribution is -2.34. The lowest BCUT2D eigenvalue weighted by molar-refractivity contribution is 0.669. The van der Waals surface area contributed by atoms with Gasteiger partial charge in [-0.3, -0.25) is 0 Å². The van der Waals surface area contributed by atoms with Gasteiger partial charge in [0.1, 0.15) is 16.5 Å². The first-order valence-corrected chi connectivity index (χ1v) is 9.19. The highest BCUT2D eigenvalue weighted by Gasteiger charge is 2.19. The van der Waals surface area contributed by atoms with E-state index in [2.05, 4.69) is 41.0 Å². The molecule has 4 nitrogen and oxygen atoms in total. The maximum atomic E-state index is 4.76. The average Bonchev–Trinajstić information content (AvgIpc) is 3.09. The predicted molar refractivity (Wildman–Crippen MR) is 95.2 cm³/mol. The number of thiazole rings is 1. The Morgan fingerprint density at radius 2 is 2.00 bits per heavy atom. The molecule has 0 aliphatic heterocycles. The number of nitrogens with zero attached hydrogens (tertiary/aromatic N) is 4. The fourth-order valence-corrected chi connectivity index (χ4v) is 4.15. The standard InChI is InChI=1S/C16H20N4S2/c1-10(2)20(7-5-13-17-6-8-21-13)15-14-11(3)9-22-16(14)19-12(4)18-15/h6,8-10H,5,7H2,1-4H3. The summed E-state index contributed by atoms with van der Waals surface area (Å²) >= 11 is 3.41. The van der Waals surface area contributed by atoms with Crippen LogP contribution in [0.3, 0.4) is 0 Å². The van der Waals surface area contributed by atoms with E-state index < -0.39 is 0 Å². The number of fused-ring (bicyclic) bond motifs is 1. The van der Waals surface area contributed by atoms with Crippen LogP contribution in [0.15, 0.2) is 17.0 Å². The Kier molecular flexibility index (Phi) is 4.40. The maximum absolute atomic E-state index is 4.76. The van der Waals surface area contributed by atoms with Gasteiger partial charge in [0.25, 0.3) is 0 Å². The van der Waals surface area contributed by atoms with E-state index in [1.54, 1.807) is 22.7 Å². The molecule has 116 valence electrons. The van der Waals surface area contributed by atoms with Crippen molar-refractivity contribution >= 4 is 38.7 Å². The van der Waals surface area contributed by atoms with Gasteiger partial charge < -0.3 is 4.90 Å². The summed E-state index contributed by atoms with van der Waals surface area (Å²) in [5.74, 6) is 1.90. The highest BCUT2D eigenvalue weighted by Crippen LogP contribution is 2.32. The molecule has 6 heteroatoms. The molecule has 3 aromatic heterocycles. The minimum atomic E-state index is 0.386. The summed E-state index contributed by atoms with van der Waals surface area (Å²) in [6.07, 6.45) is 2.82. The first-order chi connectivity index (χ1) is 10.6. The van der Waals surface area contributed by atoms with Gasteiger partial charge in [0.15, 0.2) is 0 Å². The summed E-state index contributed by atoms with van der Waals surface area (Å²) < 4.78 is 0. The largest absolute Gasteiger partial charge is 0.353 e. The summed E-state index contributed by atoms with van der Waals surface area (Å²) in [7, 11) is 0. The zero-order valence-electron chi connectivity index (χ0n) is 13.3. The van der Waals surface area contributed by atoms with Crippen molar-refractivity contribution in [3.8, 4) is 0 Å². The third-order valence-electron chi connectivity index (χ3n) is 3.66. The monoisotopic (exact) mass is 332 g/mol. The van der Waals surface area contributed by atoms with Crippen LogP contribution in [0.1, 0.15) is 30.2 Å². The minimum Gasteiger partial charge on any atom is -0.353 e. The molecule has 0 radical (unpaired) electrons. The fourth-order valence-electron chi connectivity index (χ4n) is 2.58. The van der Waals surface area contributed by atoms with Gasteiger partial charge in [0.2, 0.25) is 0 Å². The second-order valence-electron chi connectivity index (χ2n) is 5.66. The van der Waals surface area contributed by atoms with Gasteiger partial charge >= 0.3 is 0 Å². The van der Waals surface area contributed by atoms with E-state index in [1.165, 1.54) is 16.0 Å². The molecule has 3 rings (SSSR count). The van der Waals surface area contributed by atoms with Crippen molar-refractivity contribution in [2.75, 3.05) is 11.4 Å². The fraction of sp³-hybridized carbons (Fsp3) is 0.438. The smallest absolute Gasteiger partial charge is 0.141 e. The van der Waals surface area contributed by atoms with E-state index in [4.69, 9.17) is 4.98 Å². The molecule has 0 aliphatic rings. The Balaban J connectivity index is 1.99. The van der Waals surface area contributed by atoms with Gasteiger partial charge in [0, 0.05) is 30.6 Å². The number of aryl methyl sites for hydroxylation is 2. The van der Waals surface area contributed by atoms with Crippen LogP contribution in [-0.4, -0.2) is 27.5 Å². The SMILES string of the molecule is Cc1nc(N(CCc2nccs2)C(C)C)c2c(C)csc2n1. The molecular formula is C16H20N4S2. The van der Waals surface area contributed by atoms with Gasteiger partial charge in [-0.2, -0.15) is 0 Å². The van der Waals surface area contributed by atoms with E-state index in [-0.39, 0.29) is 0 Å². The van der Waals surface area contributed by atoms with Crippen molar-refractivity contribution in [3.05, 3.63) is 33.4 Å². The Labute approximate surface area is 138 Å². The molecule has 0 fully saturated rings. The first-order valence-electron chi connectivity index (χ1n) is 7.43. The molecular weight excluding hydrogens is 312 g/mol. The van der Waals surface area contributed by atoms with Crippen molar-refractivity contribution in [3.63, 3.8) is 0 Å². The summed E-state index contributed by atoms with van der Waals surface area (Å²) in [5, 5.41) is 6.57. The van der Waals surface area contributed by atoms with Crippen LogP contribution < -0.4 is 4.90 Å². The van der Waals surface area contributed by atoms with E-state index in [9.17, 15) is 0 Å². The minimum absolute atomic E-state index is 0.386. The summed E-state index contributed by atoms with van der Waals surface area (Å²) in [6.45, 7) is 9.46. The molecule has 0 spiro atoms. The number of hydrogen-bond acceptors (Lipinski definition) is 6. The third-order valence-corrected chi connectivity index (χ3v) is 5.49. The van der Waals surface area contributed by atoms with Gasteiger partial charge in [0.05, 0.1) is 10.4 Å². The Morgan fingerprint density at radius 1 is 1.18 bits per heavy atom. The van der Waals surface area contributed by atoms with Crippen LogP contribution in [0, 0.1) is 13.8 Å². The van der Waals surface area contributed by atoms with Crippen LogP contribution in [-0.2, 0) is 6.42 Å². The molecule has 0 saturated heterocycles. The Morgan fingerprint density at radius 3 is 2.68 bits per heavy atom. The highest BCUT2D eigenvalue weighted by molar-refractivity contribution is 7.17. The van der Waals surface area contributed by atoms with E-state index in [1.807, 2.05) is 18.5 Å².